The van der Waals surface area contributed by atoms with Crippen LogP contribution in [0.1, 0.15) is 0 Å². The number of anilines is 1. The van der Waals surface area contributed by atoms with Crippen LogP contribution in [0.4, 0.5) is 10.1 Å². The van der Waals surface area contributed by atoms with E-state index in [0.29, 0.717) is 13.1 Å². The first-order chi connectivity index (χ1) is 8.66. The Hall–Kier alpha value is -1.66. The summed E-state index contributed by atoms with van der Waals surface area (Å²) in [5.41, 5.74) is 0.130. The Labute approximate surface area is 116 Å². The standard InChI is InChI=1S/C12H14FN3O2.ClH/c13-9-3-1-2-4-10(9)15-11(17)8-16-6-5-14-7-12(16)18;/h1-4,14H,5-8H2,(H,15,17);1H. The highest BCUT2D eigenvalue weighted by atomic mass is 35.5. The van der Waals surface area contributed by atoms with Gasteiger partial charge in [-0.1, -0.05) is 12.1 Å². The Balaban J connectivity index is 0.00000180. The molecule has 2 N–H and O–H groups in total. The summed E-state index contributed by atoms with van der Waals surface area (Å²) in [5.74, 6) is -1.00. The maximum absolute atomic E-state index is 13.3. The molecule has 0 bridgehead atoms. The van der Waals surface area contributed by atoms with Gasteiger partial charge in [0.1, 0.15) is 5.82 Å². The van der Waals surface area contributed by atoms with Crippen LogP contribution in [-0.2, 0) is 9.59 Å². The van der Waals surface area contributed by atoms with E-state index in [1.165, 1.54) is 17.0 Å². The van der Waals surface area contributed by atoms with E-state index in [9.17, 15) is 14.0 Å². The van der Waals surface area contributed by atoms with Crippen molar-refractivity contribution in [2.24, 2.45) is 0 Å². The summed E-state index contributed by atoms with van der Waals surface area (Å²) >= 11 is 0. The van der Waals surface area contributed by atoms with Crippen LogP contribution in [0.2, 0.25) is 0 Å². The number of rotatable bonds is 3. The third-order valence-electron chi connectivity index (χ3n) is 2.67. The quantitative estimate of drug-likeness (QED) is 0.857. The largest absolute Gasteiger partial charge is 0.331 e. The summed E-state index contributed by atoms with van der Waals surface area (Å²) in [6.45, 7) is 1.35. The average Bonchev–Trinajstić information content (AvgIpc) is 2.35. The molecule has 1 aromatic carbocycles. The van der Waals surface area contributed by atoms with Gasteiger partial charge in [-0.2, -0.15) is 0 Å². The van der Waals surface area contributed by atoms with Gasteiger partial charge in [0.05, 0.1) is 18.8 Å². The fraction of sp³-hybridized carbons (Fsp3) is 0.333. The van der Waals surface area contributed by atoms with Crippen molar-refractivity contribution in [1.82, 2.24) is 10.2 Å². The Kier molecular flexibility index (Phi) is 5.72. The average molecular weight is 288 g/mol. The molecule has 104 valence electrons. The Morgan fingerprint density at radius 1 is 1.42 bits per heavy atom. The smallest absolute Gasteiger partial charge is 0.244 e. The first kappa shape index (κ1) is 15.4. The minimum atomic E-state index is -0.488. The molecule has 7 heteroatoms. The second-order valence-corrected chi connectivity index (χ2v) is 4.02. The van der Waals surface area contributed by atoms with E-state index in [-0.39, 0.29) is 37.1 Å². The van der Waals surface area contributed by atoms with E-state index in [4.69, 9.17) is 0 Å². The van der Waals surface area contributed by atoms with Gasteiger partial charge in [-0.3, -0.25) is 9.59 Å². The van der Waals surface area contributed by atoms with Crippen LogP contribution in [0.15, 0.2) is 24.3 Å². The highest BCUT2D eigenvalue weighted by molar-refractivity contribution is 5.95. The van der Waals surface area contributed by atoms with Crippen LogP contribution >= 0.6 is 12.4 Å². The van der Waals surface area contributed by atoms with E-state index in [2.05, 4.69) is 10.6 Å². The molecule has 0 saturated carbocycles. The highest BCUT2D eigenvalue weighted by Crippen LogP contribution is 2.12. The predicted molar refractivity (Wildman–Crippen MR) is 71.7 cm³/mol. The molecule has 1 saturated heterocycles. The van der Waals surface area contributed by atoms with Gasteiger partial charge in [0.15, 0.2) is 0 Å². The van der Waals surface area contributed by atoms with E-state index >= 15 is 0 Å². The number of piperazine rings is 1. The third kappa shape index (κ3) is 4.18. The van der Waals surface area contributed by atoms with E-state index < -0.39 is 11.7 Å². The highest BCUT2D eigenvalue weighted by Gasteiger charge is 2.20. The van der Waals surface area contributed by atoms with Gasteiger partial charge in [0.25, 0.3) is 0 Å². The zero-order chi connectivity index (χ0) is 13.0. The minimum absolute atomic E-state index is 0. The fourth-order valence-electron chi connectivity index (χ4n) is 1.74. The zero-order valence-electron chi connectivity index (χ0n) is 10.2. The van der Waals surface area contributed by atoms with Gasteiger partial charge < -0.3 is 15.5 Å². The molecule has 2 amide bonds. The zero-order valence-corrected chi connectivity index (χ0v) is 11.0. The van der Waals surface area contributed by atoms with Crippen LogP contribution in [0, 0.1) is 5.82 Å². The molecular formula is C12H15ClFN3O2. The lowest BCUT2D eigenvalue weighted by molar-refractivity contribution is -0.135. The Bertz CT molecular complexity index is 470. The van der Waals surface area contributed by atoms with Crippen LogP contribution in [0.5, 0.6) is 0 Å². The van der Waals surface area contributed by atoms with Crippen LogP contribution in [-0.4, -0.2) is 42.9 Å². The van der Waals surface area contributed by atoms with Gasteiger partial charge in [-0.05, 0) is 12.1 Å². The van der Waals surface area contributed by atoms with Crippen molar-refractivity contribution >= 4 is 29.9 Å². The second kappa shape index (κ2) is 7.06. The molecule has 5 nitrogen and oxygen atoms in total. The number of carbonyl (C=O) groups excluding carboxylic acids is 2. The normalized spacial score (nSPS) is 14.8. The molecule has 0 aliphatic carbocycles. The van der Waals surface area contributed by atoms with E-state index in [0.717, 1.165) is 0 Å². The van der Waals surface area contributed by atoms with Gasteiger partial charge in [-0.25, -0.2) is 4.39 Å². The summed E-state index contributed by atoms with van der Waals surface area (Å²) < 4.78 is 13.3. The number of benzene rings is 1. The molecule has 19 heavy (non-hydrogen) atoms. The number of nitrogens with zero attached hydrogens (tertiary/aromatic N) is 1. The first-order valence-electron chi connectivity index (χ1n) is 5.69. The number of hydrogen-bond donors (Lipinski definition) is 2. The fourth-order valence-corrected chi connectivity index (χ4v) is 1.74. The number of halogens is 2. The Morgan fingerprint density at radius 2 is 2.16 bits per heavy atom. The molecule has 0 unspecified atom stereocenters. The molecule has 0 radical (unpaired) electrons. The monoisotopic (exact) mass is 287 g/mol. The lowest BCUT2D eigenvalue weighted by Crippen LogP contribution is -2.50. The topological polar surface area (TPSA) is 61.4 Å². The molecule has 1 aliphatic rings. The predicted octanol–water partition coefficient (Wildman–Crippen LogP) is 0.618. The van der Waals surface area contributed by atoms with Crippen molar-refractivity contribution < 1.29 is 14.0 Å². The van der Waals surface area contributed by atoms with Crippen molar-refractivity contribution in [3.05, 3.63) is 30.1 Å². The van der Waals surface area contributed by atoms with Crippen LogP contribution in [0.3, 0.4) is 0 Å². The maximum Gasteiger partial charge on any atom is 0.244 e. The number of para-hydroxylation sites is 1. The summed E-state index contributed by atoms with van der Waals surface area (Å²) in [6, 6.07) is 5.93. The van der Waals surface area contributed by atoms with Crippen molar-refractivity contribution in [3.8, 4) is 0 Å². The minimum Gasteiger partial charge on any atom is -0.331 e. The van der Waals surface area contributed by atoms with E-state index in [1.807, 2.05) is 0 Å². The summed E-state index contributed by atoms with van der Waals surface area (Å²) in [5, 5.41) is 5.36. The Morgan fingerprint density at radius 3 is 2.84 bits per heavy atom. The van der Waals surface area contributed by atoms with Gasteiger partial charge in [0.2, 0.25) is 11.8 Å². The summed E-state index contributed by atoms with van der Waals surface area (Å²) in [4.78, 5) is 24.6. The molecule has 1 heterocycles. The molecular weight excluding hydrogens is 273 g/mol. The van der Waals surface area contributed by atoms with Gasteiger partial charge in [-0.15, -0.1) is 12.4 Å². The maximum atomic E-state index is 13.3. The molecule has 0 atom stereocenters. The van der Waals surface area contributed by atoms with Gasteiger partial charge >= 0.3 is 0 Å². The second-order valence-electron chi connectivity index (χ2n) is 4.02. The van der Waals surface area contributed by atoms with Crippen molar-refractivity contribution in [2.45, 2.75) is 0 Å². The van der Waals surface area contributed by atoms with Crippen molar-refractivity contribution in [1.29, 1.82) is 0 Å². The molecule has 0 aromatic heterocycles. The summed E-state index contributed by atoms with van der Waals surface area (Å²) in [6.07, 6.45) is 0. The first-order valence-corrected chi connectivity index (χ1v) is 5.69. The number of hydrogen-bond acceptors (Lipinski definition) is 3. The van der Waals surface area contributed by atoms with Crippen LogP contribution < -0.4 is 10.6 Å². The third-order valence-corrected chi connectivity index (χ3v) is 2.67. The van der Waals surface area contributed by atoms with Crippen LogP contribution in [0.25, 0.3) is 0 Å². The number of amides is 2. The molecule has 0 spiro atoms. The molecule has 1 aromatic rings. The molecule has 1 aliphatic heterocycles. The van der Waals surface area contributed by atoms with Crippen molar-refractivity contribution in [2.75, 3.05) is 31.5 Å². The lowest BCUT2D eigenvalue weighted by atomic mass is 10.3. The van der Waals surface area contributed by atoms with Crippen molar-refractivity contribution in [3.63, 3.8) is 0 Å². The molecule has 1 fully saturated rings. The lowest BCUT2D eigenvalue weighted by Gasteiger charge is -2.26. The number of carbonyl (C=O) groups is 2. The molecule has 2 rings (SSSR count). The van der Waals surface area contributed by atoms with E-state index in [1.54, 1.807) is 12.1 Å². The summed E-state index contributed by atoms with van der Waals surface area (Å²) in [7, 11) is 0. The number of nitrogens with one attached hydrogen (secondary N) is 2. The SMILES string of the molecule is Cl.O=C(CN1CCNCC1=O)Nc1ccccc1F. The van der Waals surface area contributed by atoms with Gasteiger partial charge in [0, 0.05) is 13.1 Å².